The second-order valence-electron chi connectivity index (χ2n) is 7.18. The highest BCUT2D eigenvalue weighted by atomic mass is 79.9. The summed E-state index contributed by atoms with van der Waals surface area (Å²) in [5, 5.41) is 6.33. The number of hydrazone groups is 1. The van der Waals surface area contributed by atoms with E-state index in [1.165, 1.54) is 40.1 Å². The van der Waals surface area contributed by atoms with E-state index < -0.39 is 0 Å². The number of benzene rings is 2. The van der Waals surface area contributed by atoms with Gasteiger partial charge in [0.2, 0.25) is 5.13 Å². The smallest absolute Gasteiger partial charge is 0.280 e. The molecule has 30 heavy (non-hydrogen) atoms. The number of furan rings is 1. The lowest BCUT2D eigenvalue weighted by Gasteiger charge is -2.18. The number of aromatic nitrogens is 1. The summed E-state index contributed by atoms with van der Waals surface area (Å²) in [6.45, 7) is 0. The van der Waals surface area contributed by atoms with Gasteiger partial charge in [0.1, 0.15) is 5.76 Å². The number of thiazole rings is 1. The van der Waals surface area contributed by atoms with Crippen molar-refractivity contribution in [2.75, 3.05) is 5.01 Å². The molecule has 0 radical (unpaired) electrons. The van der Waals surface area contributed by atoms with Crippen LogP contribution in [0.2, 0.25) is 0 Å². The lowest BCUT2D eigenvalue weighted by molar-refractivity contribution is 0.0987. The van der Waals surface area contributed by atoms with Gasteiger partial charge in [-0.15, -0.1) is 0 Å². The van der Waals surface area contributed by atoms with Crippen LogP contribution in [0.15, 0.2) is 68.8 Å². The number of nitrogens with zero attached hydrogens (tertiary/aromatic N) is 3. The molecule has 150 valence electrons. The SMILES string of the molecule is O=C(c1ccc2c(c1)CCCC2)N(/N=C/c1ccco1)c1nc2ccc(Br)cc2s1. The van der Waals surface area contributed by atoms with Crippen LogP contribution in [-0.4, -0.2) is 17.1 Å². The van der Waals surface area contributed by atoms with E-state index in [9.17, 15) is 4.79 Å². The van der Waals surface area contributed by atoms with Crippen molar-refractivity contribution in [3.8, 4) is 0 Å². The Morgan fingerprint density at radius 3 is 2.83 bits per heavy atom. The fourth-order valence-electron chi connectivity index (χ4n) is 3.63. The summed E-state index contributed by atoms with van der Waals surface area (Å²) in [5.41, 5.74) is 4.05. The Balaban J connectivity index is 1.55. The molecule has 5 nitrogen and oxygen atoms in total. The van der Waals surface area contributed by atoms with Crippen LogP contribution in [0, 0.1) is 0 Å². The Labute approximate surface area is 186 Å². The Morgan fingerprint density at radius 2 is 2.00 bits per heavy atom. The van der Waals surface area contributed by atoms with Gasteiger partial charge in [0.15, 0.2) is 0 Å². The van der Waals surface area contributed by atoms with Crippen molar-refractivity contribution < 1.29 is 9.21 Å². The van der Waals surface area contributed by atoms with Gasteiger partial charge in [-0.2, -0.15) is 10.1 Å². The van der Waals surface area contributed by atoms with Gasteiger partial charge >= 0.3 is 0 Å². The Morgan fingerprint density at radius 1 is 1.13 bits per heavy atom. The fourth-order valence-corrected chi connectivity index (χ4v) is 5.11. The monoisotopic (exact) mass is 479 g/mol. The highest BCUT2D eigenvalue weighted by Gasteiger charge is 2.22. The quantitative estimate of drug-likeness (QED) is 0.258. The number of aryl methyl sites for hydroxylation is 2. The molecule has 0 fully saturated rings. The molecular formula is C23H18BrN3O2S. The molecule has 1 aliphatic carbocycles. The zero-order valence-corrected chi connectivity index (χ0v) is 18.4. The topological polar surface area (TPSA) is 58.7 Å². The molecule has 0 bridgehead atoms. The number of hydrogen-bond acceptors (Lipinski definition) is 5. The van der Waals surface area contributed by atoms with Gasteiger partial charge < -0.3 is 4.42 Å². The first-order chi connectivity index (χ1) is 14.7. The predicted molar refractivity (Wildman–Crippen MR) is 124 cm³/mol. The summed E-state index contributed by atoms with van der Waals surface area (Å²) in [7, 11) is 0. The number of fused-ring (bicyclic) bond motifs is 2. The van der Waals surface area contributed by atoms with Crippen LogP contribution >= 0.6 is 27.3 Å². The first-order valence-electron chi connectivity index (χ1n) is 9.77. The van der Waals surface area contributed by atoms with E-state index in [-0.39, 0.29) is 5.91 Å². The highest BCUT2D eigenvalue weighted by molar-refractivity contribution is 9.10. The lowest BCUT2D eigenvalue weighted by Crippen LogP contribution is -2.26. The summed E-state index contributed by atoms with van der Waals surface area (Å²) in [6, 6.07) is 15.4. The summed E-state index contributed by atoms with van der Waals surface area (Å²) in [4.78, 5) is 18.1. The fraction of sp³-hybridized carbons (Fsp3) is 0.174. The third-order valence-electron chi connectivity index (χ3n) is 5.15. The average Bonchev–Trinajstić information content (AvgIpc) is 3.43. The first-order valence-corrected chi connectivity index (χ1v) is 11.4. The molecular weight excluding hydrogens is 462 g/mol. The first kappa shape index (κ1) is 19.2. The van der Waals surface area contributed by atoms with Crippen molar-refractivity contribution in [3.63, 3.8) is 0 Å². The Hall–Kier alpha value is -2.77. The maximum Gasteiger partial charge on any atom is 0.280 e. The largest absolute Gasteiger partial charge is 0.463 e. The van der Waals surface area contributed by atoms with E-state index in [4.69, 9.17) is 4.42 Å². The number of carbonyl (C=O) groups excluding carboxylic acids is 1. The molecule has 0 N–H and O–H groups in total. The Kier molecular flexibility index (Phi) is 5.23. The standard InChI is InChI=1S/C23H18BrN3O2S/c24-18-9-10-20-21(13-18)30-23(26-20)27(25-14-19-6-3-11-29-19)22(28)17-8-7-15-4-1-2-5-16(15)12-17/h3,6-14H,1-2,4-5H2/b25-14+. The molecule has 0 saturated carbocycles. The molecule has 5 rings (SSSR count). The molecule has 1 aliphatic rings. The van der Waals surface area contributed by atoms with Crippen molar-refractivity contribution in [2.24, 2.45) is 5.10 Å². The summed E-state index contributed by atoms with van der Waals surface area (Å²) in [6.07, 6.45) is 7.58. The van der Waals surface area contributed by atoms with Gasteiger partial charge in [0.05, 0.1) is 22.7 Å². The molecule has 2 aromatic carbocycles. The van der Waals surface area contributed by atoms with E-state index in [1.807, 2.05) is 30.3 Å². The third kappa shape index (κ3) is 3.82. The van der Waals surface area contributed by atoms with Crippen LogP contribution in [0.3, 0.4) is 0 Å². The predicted octanol–water partition coefficient (Wildman–Crippen LogP) is 6.21. The lowest BCUT2D eigenvalue weighted by atomic mass is 9.90. The normalized spacial score (nSPS) is 13.6. The van der Waals surface area contributed by atoms with Crippen molar-refractivity contribution in [1.82, 2.24) is 4.98 Å². The van der Waals surface area contributed by atoms with E-state index >= 15 is 0 Å². The number of halogens is 1. The minimum Gasteiger partial charge on any atom is -0.463 e. The van der Waals surface area contributed by atoms with Crippen LogP contribution in [-0.2, 0) is 12.8 Å². The van der Waals surface area contributed by atoms with Crippen molar-refractivity contribution in [2.45, 2.75) is 25.7 Å². The molecule has 7 heteroatoms. The second-order valence-corrected chi connectivity index (χ2v) is 9.10. The number of anilines is 1. The zero-order valence-electron chi connectivity index (χ0n) is 16.0. The molecule has 0 saturated heterocycles. The molecule has 0 aliphatic heterocycles. The van der Waals surface area contributed by atoms with Crippen LogP contribution in [0.25, 0.3) is 10.2 Å². The van der Waals surface area contributed by atoms with Gasteiger partial charge in [-0.25, -0.2) is 4.98 Å². The number of carbonyl (C=O) groups is 1. The zero-order chi connectivity index (χ0) is 20.5. The van der Waals surface area contributed by atoms with Crippen molar-refractivity contribution in [3.05, 3.63) is 81.7 Å². The minimum absolute atomic E-state index is 0.204. The van der Waals surface area contributed by atoms with E-state index in [0.29, 0.717) is 16.5 Å². The molecule has 1 amide bonds. The van der Waals surface area contributed by atoms with Crippen molar-refractivity contribution in [1.29, 1.82) is 0 Å². The molecule has 0 spiro atoms. The molecule has 0 atom stereocenters. The number of amides is 1. The summed E-state index contributed by atoms with van der Waals surface area (Å²) < 4.78 is 7.30. The van der Waals surface area contributed by atoms with Gasteiger partial charge in [-0.3, -0.25) is 4.79 Å². The molecule has 2 heterocycles. The van der Waals surface area contributed by atoms with Gasteiger partial charge in [-0.1, -0.05) is 33.3 Å². The van der Waals surface area contributed by atoms with Crippen LogP contribution in [0.5, 0.6) is 0 Å². The molecule has 0 unspecified atom stereocenters. The number of hydrogen-bond donors (Lipinski definition) is 0. The third-order valence-corrected chi connectivity index (χ3v) is 6.64. The van der Waals surface area contributed by atoms with Crippen LogP contribution in [0.4, 0.5) is 5.13 Å². The van der Waals surface area contributed by atoms with Gasteiger partial charge in [0.25, 0.3) is 5.91 Å². The molecule has 2 aromatic heterocycles. The van der Waals surface area contributed by atoms with Gasteiger partial charge in [0, 0.05) is 10.0 Å². The maximum absolute atomic E-state index is 13.5. The maximum atomic E-state index is 13.5. The van der Waals surface area contributed by atoms with Crippen LogP contribution in [0.1, 0.15) is 40.1 Å². The Bertz CT molecular complexity index is 1250. The van der Waals surface area contributed by atoms with Gasteiger partial charge in [-0.05, 0) is 79.3 Å². The highest BCUT2D eigenvalue weighted by Crippen LogP contribution is 2.32. The second kappa shape index (κ2) is 8.16. The minimum atomic E-state index is -0.204. The van der Waals surface area contributed by atoms with E-state index in [1.54, 1.807) is 18.4 Å². The van der Waals surface area contributed by atoms with Crippen molar-refractivity contribution >= 4 is 54.7 Å². The average molecular weight is 480 g/mol. The van der Waals surface area contributed by atoms with Crippen LogP contribution < -0.4 is 5.01 Å². The summed E-state index contributed by atoms with van der Waals surface area (Å²) >= 11 is 4.92. The molecule has 4 aromatic rings. The van der Waals surface area contributed by atoms with E-state index in [0.717, 1.165) is 34.0 Å². The van der Waals surface area contributed by atoms with E-state index in [2.05, 4.69) is 32.1 Å². The number of rotatable bonds is 4. The summed E-state index contributed by atoms with van der Waals surface area (Å²) in [5.74, 6) is 0.367.